The van der Waals surface area contributed by atoms with Crippen molar-refractivity contribution in [2.45, 2.75) is 19.6 Å². The third-order valence-corrected chi connectivity index (χ3v) is 2.72. The van der Waals surface area contributed by atoms with Crippen LogP contribution in [0.15, 0.2) is 24.3 Å². The average molecular weight is 275 g/mol. The summed E-state index contributed by atoms with van der Waals surface area (Å²) in [5, 5.41) is 0. The molecule has 1 aromatic carbocycles. The van der Waals surface area contributed by atoms with E-state index in [1.807, 2.05) is 6.92 Å². The van der Waals surface area contributed by atoms with Gasteiger partial charge in [0.15, 0.2) is 0 Å². The van der Waals surface area contributed by atoms with Crippen molar-refractivity contribution in [3.8, 4) is 0 Å². The summed E-state index contributed by atoms with van der Waals surface area (Å²) in [7, 11) is 1.30. The molecule has 0 fully saturated rings. The monoisotopic (exact) mass is 275 g/mol. The Bertz CT molecular complexity index is 415. The van der Waals surface area contributed by atoms with Gasteiger partial charge in [-0.2, -0.15) is 13.2 Å². The zero-order valence-electron chi connectivity index (χ0n) is 10.8. The van der Waals surface area contributed by atoms with Crippen molar-refractivity contribution in [2.75, 3.05) is 20.2 Å². The molecule has 0 radical (unpaired) electrons. The van der Waals surface area contributed by atoms with Crippen molar-refractivity contribution >= 4 is 5.97 Å². The van der Waals surface area contributed by atoms with Gasteiger partial charge in [-0.3, -0.25) is 9.69 Å². The summed E-state index contributed by atoms with van der Waals surface area (Å²) < 4.78 is 41.7. The van der Waals surface area contributed by atoms with Gasteiger partial charge >= 0.3 is 12.1 Å². The van der Waals surface area contributed by atoms with Gasteiger partial charge in [0.25, 0.3) is 0 Å². The van der Waals surface area contributed by atoms with Crippen LogP contribution in [0.1, 0.15) is 18.1 Å². The number of carbonyl (C=O) groups excluding carboxylic acids is 1. The van der Waals surface area contributed by atoms with Crippen molar-refractivity contribution in [1.82, 2.24) is 4.90 Å². The molecular formula is C13H16F3NO2. The number of likely N-dealkylation sites (N-methyl/N-ethyl adjacent to an activating group) is 1. The first-order chi connectivity index (χ1) is 8.86. The molecule has 1 rings (SSSR count). The first-order valence-corrected chi connectivity index (χ1v) is 5.82. The lowest BCUT2D eigenvalue weighted by molar-refractivity contribution is -0.142. The minimum absolute atomic E-state index is 0.119. The van der Waals surface area contributed by atoms with E-state index in [9.17, 15) is 18.0 Å². The van der Waals surface area contributed by atoms with Crippen LogP contribution >= 0.6 is 0 Å². The maximum absolute atomic E-state index is 12.4. The van der Waals surface area contributed by atoms with Crippen molar-refractivity contribution in [3.05, 3.63) is 35.4 Å². The van der Waals surface area contributed by atoms with E-state index >= 15 is 0 Å². The molecule has 0 heterocycles. The number of halogens is 3. The Morgan fingerprint density at radius 3 is 2.26 bits per heavy atom. The van der Waals surface area contributed by atoms with Gasteiger partial charge in [-0.15, -0.1) is 0 Å². The smallest absolute Gasteiger partial charge is 0.416 e. The second-order valence-electron chi connectivity index (χ2n) is 4.07. The lowest BCUT2D eigenvalue weighted by atomic mass is 10.1. The first kappa shape index (κ1) is 15.5. The standard InChI is InChI=1S/C13H16F3NO2/c1-3-17(9-12(18)19-2)8-10-4-6-11(7-5-10)13(14,15)16/h4-7H,3,8-9H2,1-2H3. The van der Waals surface area contributed by atoms with Gasteiger partial charge in [-0.1, -0.05) is 19.1 Å². The van der Waals surface area contributed by atoms with E-state index in [0.717, 1.165) is 17.7 Å². The zero-order valence-corrected chi connectivity index (χ0v) is 10.8. The minimum Gasteiger partial charge on any atom is -0.468 e. The van der Waals surface area contributed by atoms with Crippen LogP contribution in [0.5, 0.6) is 0 Å². The number of carbonyl (C=O) groups is 1. The van der Waals surface area contributed by atoms with Gasteiger partial charge in [0.05, 0.1) is 19.2 Å². The largest absolute Gasteiger partial charge is 0.468 e. The van der Waals surface area contributed by atoms with Crippen molar-refractivity contribution in [3.63, 3.8) is 0 Å². The first-order valence-electron chi connectivity index (χ1n) is 5.82. The molecule has 0 aliphatic carbocycles. The van der Waals surface area contributed by atoms with Gasteiger partial charge in [0, 0.05) is 6.54 Å². The Hall–Kier alpha value is -1.56. The highest BCUT2D eigenvalue weighted by atomic mass is 19.4. The Labute approximate surface area is 110 Å². The number of esters is 1. The normalized spacial score (nSPS) is 11.7. The van der Waals surface area contributed by atoms with Gasteiger partial charge in [0.1, 0.15) is 0 Å². The third kappa shape index (κ3) is 4.90. The summed E-state index contributed by atoms with van der Waals surface area (Å²) in [6.07, 6.45) is -4.32. The van der Waals surface area contributed by atoms with Crippen LogP contribution in [-0.4, -0.2) is 31.1 Å². The zero-order chi connectivity index (χ0) is 14.5. The second-order valence-corrected chi connectivity index (χ2v) is 4.07. The maximum atomic E-state index is 12.4. The van der Waals surface area contributed by atoms with E-state index in [2.05, 4.69) is 4.74 Å². The lowest BCUT2D eigenvalue weighted by Gasteiger charge is -2.19. The van der Waals surface area contributed by atoms with E-state index < -0.39 is 11.7 Å². The molecular weight excluding hydrogens is 259 g/mol. The summed E-state index contributed by atoms with van der Waals surface area (Å²) >= 11 is 0. The number of benzene rings is 1. The number of hydrogen-bond donors (Lipinski definition) is 0. The van der Waals surface area contributed by atoms with Gasteiger partial charge in [0.2, 0.25) is 0 Å². The lowest BCUT2D eigenvalue weighted by Crippen LogP contribution is -2.29. The van der Waals surface area contributed by atoms with Crippen LogP contribution in [0.25, 0.3) is 0 Å². The van der Waals surface area contributed by atoms with Gasteiger partial charge in [-0.25, -0.2) is 0 Å². The highest BCUT2D eigenvalue weighted by Gasteiger charge is 2.29. The van der Waals surface area contributed by atoms with Crippen LogP contribution in [0.2, 0.25) is 0 Å². The van der Waals surface area contributed by atoms with E-state index in [1.165, 1.54) is 19.2 Å². The van der Waals surface area contributed by atoms with Crippen LogP contribution in [0.3, 0.4) is 0 Å². The second kappa shape index (κ2) is 6.56. The number of alkyl halides is 3. The fourth-order valence-electron chi connectivity index (χ4n) is 1.58. The average Bonchev–Trinajstić information content (AvgIpc) is 2.37. The molecule has 0 atom stereocenters. The van der Waals surface area contributed by atoms with Gasteiger partial charge in [-0.05, 0) is 24.2 Å². The van der Waals surface area contributed by atoms with Crippen LogP contribution in [0, 0.1) is 0 Å². The molecule has 3 nitrogen and oxygen atoms in total. The molecule has 0 spiro atoms. The fraction of sp³-hybridized carbons (Fsp3) is 0.462. The Morgan fingerprint density at radius 2 is 1.84 bits per heavy atom. The van der Waals surface area contributed by atoms with Crippen molar-refractivity contribution < 1.29 is 22.7 Å². The molecule has 0 bridgehead atoms. The molecule has 0 aromatic heterocycles. The minimum atomic E-state index is -4.32. The molecule has 0 unspecified atom stereocenters. The van der Waals surface area contributed by atoms with E-state index in [0.29, 0.717) is 13.1 Å². The Morgan fingerprint density at radius 1 is 1.26 bits per heavy atom. The van der Waals surface area contributed by atoms with E-state index in [4.69, 9.17) is 0 Å². The summed E-state index contributed by atoms with van der Waals surface area (Å²) in [6.45, 7) is 3.00. The number of methoxy groups -OCH3 is 1. The predicted molar refractivity (Wildman–Crippen MR) is 64.4 cm³/mol. The molecule has 0 saturated carbocycles. The maximum Gasteiger partial charge on any atom is 0.416 e. The molecule has 19 heavy (non-hydrogen) atoms. The molecule has 6 heteroatoms. The third-order valence-electron chi connectivity index (χ3n) is 2.72. The predicted octanol–water partition coefficient (Wildman–Crippen LogP) is 2.70. The molecule has 0 saturated heterocycles. The SMILES string of the molecule is CCN(CC(=O)OC)Cc1ccc(C(F)(F)F)cc1. The molecule has 1 aromatic rings. The number of ether oxygens (including phenoxy) is 1. The highest BCUT2D eigenvalue weighted by molar-refractivity contribution is 5.71. The summed E-state index contributed by atoms with van der Waals surface area (Å²) in [5.41, 5.74) is 0.0472. The Balaban J connectivity index is 2.68. The molecule has 0 amide bonds. The number of nitrogens with zero attached hydrogens (tertiary/aromatic N) is 1. The molecule has 0 aliphatic heterocycles. The number of hydrogen-bond acceptors (Lipinski definition) is 3. The van der Waals surface area contributed by atoms with Crippen LogP contribution in [0.4, 0.5) is 13.2 Å². The highest BCUT2D eigenvalue weighted by Crippen LogP contribution is 2.29. The van der Waals surface area contributed by atoms with Crippen LogP contribution in [-0.2, 0) is 22.3 Å². The molecule has 106 valence electrons. The summed E-state index contributed by atoms with van der Waals surface area (Å²) in [4.78, 5) is 12.9. The quantitative estimate of drug-likeness (QED) is 0.774. The van der Waals surface area contributed by atoms with E-state index in [-0.39, 0.29) is 12.5 Å². The van der Waals surface area contributed by atoms with Crippen molar-refractivity contribution in [2.24, 2.45) is 0 Å². The van der Waals surface area contributed by atoms with Crippen LogP contribution < -0.4 is 0 Å². The van der Waals surface area contributed by atoms with Gasteiger partial charge < -0.3 is 4.74 Å². The topological polar surface area (TPSA) is 29.5 Å². The Kier molecular flexibility index (Phi) is 5.35. The molecule has 0 N–H and O–H groups in total. The fourth-order valence-corrected chi connectivity index (χ4v) is 1.58. The van der Waals surface area contributed by atoms with Crippen molar-refractivity contribution in [1.29, 1.82) is 0 Å². The van der Waals surface area contributed by atoms with E-state index in [1.54, 1.807) is 4.90 Å². The molecule has 0 aliphatic rings. The number of rotatable bonds is 5. The summed E-state index contributed by atoms with van der Waals surface area (Å²) in [5.74, 6) is -0.367. The summed E-state index contributed by atoms with van der Waals surface area (Å²) in [6, 6.07) is 4.92.